The molecule has 18 heteroatoms. The molecule has 0 atom stereocenters. The third-order valence-corrected chi connectivity index (χ3v) is 10.2. The van der Waals surface area contributed by atoms with E-state index in [4.69, 9.17) is 38.3 Å². The van der Waals surface area contributed by atoms with Gasteiger partial charge in [0.15, 0.2) is 0 Å². The molecular formula is C44H65LiN4O13. The summed E-state index contributed by atoms with van der Waals surface area (Å²) < 4.78 is 38.4. The van der Waals surface area contributed by atoms with E-state index in [9.17, 15) is 19.2 Å². The fourth-order valence-corrected chi connectivity index (χ4v) is 6.88. The number of rotatable bonds is 13. The molecule has 340 valence electrons. The molecule has 2 aromatic rings. The molecule has 2 aromatic carbocycles. The number of carbonyl (C=O) groups excluding carboxylic acids is 3. The zero-order valence-corrected chi connectivity index (χ0v) is 37.7. The molecular weight excluding hydrogens is 799 g/mol. The quantitative estimate of drug-likeness (QED) is 0.175. The van der Waals surface area contributed by atoms with E-state index >= 15 is 0 Å². The number of carboxylic acids is 1. The molecule has 2 aliphatic heterocycles. The maximum absolute atomic E-state index is 12.2. The van der Waals surface area contributed by atoms with Gasteiger partial charge in [-0.3, -0.25) is 0 Å². The van der Waals surface area contributed by atoms with Gasteiger partial charge in [0.25, 0.3) is 0 Å². The Bertz CT molecular complexity index is 1690. The summed E-state index contributed by atoms with van der Waals surface area (Å²) in [5.74, 6) is 0.346. The Labute approximate surface area is 377 Å². The SMILES string of the molecule is CC(C)(C)OC(=O)N1CCN(c2ccc(OC3CC(OCC(=O)O)C3)cc2)CC1.CCOC(=O)COC1CC(Oc2ccc(N3CCN(C(=O)OC(C)(C)C)CC3)cc2)C1.[Li+].[OH-]. The third-order valence-electron chi connectivity index (χ3n) is 10.2. The van der Waals surface area contributed by atoms with Crippen molar-refractivity contribution in [3.63, 3.8) is 0 Å². The van der Waals surface area contributed by atoms with Crippen LogP contribution in [0.3, 0.4) is 0 Å². The van der Waals surface area contributed by atoms with Crippen LogP contribution < -0.4 is 38.1 Å². The van der Waals surface area contributed by atoms with Gasteiger partial charge in [-0.1, -0.05) is 0 Å². The summed E-state index contributed by atoms with van der Waals surface area (Å²) >= 11 is 0. The zero-order chi connectivity index (χ0) is 43.5. The Morgan fingerprint density at radius 2 is 0.935 bits per heavy atom. The van der Waals surface area contributed by atoms with Crippen molar-refractivity contribution in [2.24, 2.45) is 0 Å². The molecule has 0 aromatic heterocycles. The molecule has 0 unspecified atom stereocenters. The number of amides is 2. The number of ether oxygens (including phenoxy) is 7. The van der Waals surface area contributed by atoms with Crippen LogP contribution in [0.5, 0.6) is 11.5 Å². The van der Waals surface area contributed by atoms with E-state index < -0.39 is 17.2 Å². The molecule has 0 bridgehead atoms. The van der Waals surface area contributed by atoms with Gasteiger partial charge in [-0.25, -0.2) is 19.2 Å². The Hall–Kier alpha value is -4.40. The molecule has 6 rings (SSSR count). The monoisotopic (exact) mass is 864 g/mol. The Kier molecular flexibility index (Phi) is 20.0. The topological polar surface area (TPSA) is 196 Å². The van der Waals surface area contributed by atoms with Crippen molar-refractivity contribution in [3.8, 4) is 11.5 Å². The van der Waals surface area contributed by atoms with Crippen molar-refractivity contribution in [3.05, 3.63) is 48.5 Å². The molecule has 4 aliphatic rings. The first-order valence-electron chi connectivity index (χ1n) is 21.0. The minimum Gasteiger partial charge on any atom is -0.870 e. The van der Waals surface area contributed by atoms with E-state index in [0.717, 1.165) is 61.9 Å². The standard InChI is InChI=1S/C23H34N2O6.C21H30N2O6.Li.H2O/c1-5-28-21(26)16-29-19-14-20(15-19)30-18-8-6-17(7-9-18)24-10-12-25(13-11-24)22(27)31-23(2,3)4;1-21(2,3)29-20(26)23-10-8-22(9-11-23)15-4-6-16(7-5-15)28-18-12-17(13-18)27-14-19(24)25;;/h6-9,19-20H,5,10-16H2,1-4H3;4-7,17-18H,8-14H2,1-3H3,(H,24,25);;1H2/q;;+1;/p-1. The van der Waals surface area contributed by atoms with Crippen molar-refractivity contribution in [1.82, 2.24) is 9.80 Å². The van der Waals surface area contributed by atoms with Gasteiger partial charge < -0.3 is 63.3 Å². The summed E-state index contributed by atoms with van der Waals surface area (Å²) in [4.78, 5) is 54.2. The van der Waals surface area contributed by atoms with Crippen molar-refractivity contribution < 1.29 is 81.8 Å². The van der Waals surface area contributed by atoms with Crippen molar-refractivity contribution in [2.45, 2.75) is 110 Å². The van der Waals surface area contributed by atoms with Gasteiger partial charge >= 0.3 is 43.0 Å². The van der Waals surface area contributed by atoms with E-state index in [0.29, 0.717) is 45.6 Å². The second kappa shape index (κ2) is 23.9. The number of carboxylic acid groups (broad SMARTS) is 1. The summed E-state index contributed by atoms with van der Waals surface area (Å²) in [7, 11) is 0. The minimum atomic E-state index is -0.947. The van der Waals surface area contributed by atoms with Gasteiger partial charge in [0.2, 0.25) is 0 Å². The van der Waals surface area contributed by atoms with Crippen molar-refractivity contribution in [2.75, 3.05) is 82.0 Å². The van der Waals surface area contributed by atoms with Gasteiger partial charge in [0.1, 0.15) is 48.1 Å². The van der Waals surface area contributed by atoms with E-state index in [1.54, 1.807) is 16.7 Å². The number of benzene rings is 2. The summed E-state index contributed by atoms with van der Waals surface area (Å²) in [5, 5.41) is 8.62. The number of piperazine rings is 2. The Morgan fingerprint density at radius 3 is 1.26 bits per heavy atom. The summed E-state index contributed by atoms with van der Waals surface area (Å²) in [6, 6.07) is 16.0. The van der Waals surface area contributed by atoms with E-state index in [-0.39, 0.29) is 80.1 Å². The second-order valence-electron chi connectivity index (χ2n) is 17.4. The molecule has 2 N–H and O–H groups in total. The predicted octanol–water partition coefficient (Wildman–Crippen LogP) is 2.82. The van der Waals surface area contributed by atoms with Gasteiger partial charge in [0, 0.05) is 89.4 Å². The van der Waals surface area contributed by atoms with Crippen molar-refractivity contribution in [1.29, 1.82) is 0 Å². The number of hydrogen-bond donors (Lipinski definition) is 1. The predicted molar refractivity (Wildman–Crippen MR) is 226 cm³/mol. The molecule has 2 saturated carbocycles. The fourth-order valence-electron chi connectivity index (χ4n) is 6.88. The largest absolute Gasteiger partial charge is 1.00 e. The molecule has 2 saturated heterocycles. The van der Waals surface area contributed by atoms with Crippen LogP contribution in [0, 0.1) is 0 Å². The maximum Gasteiger partial charge on any atom is 1.00 e. The molecule has 4 fully saturated rings. The molecule has 2 amide bonds. The number of hydrogen-bond acceptors (Lipinski definition) is 14. The Morgan fingerprint density at radius 1 is 0.581 bits per heavy atom. The van der Waals surface area contributed by atoms with Gasteiger partial charge in [0.05, 0.1) is 18.8 Å². The molecule has 0 spiro atoms. The van der Waals surface area contributed by atoms with Crippen LogP contribution in [0.4, 0.5) is 21.0 Å². The van der Waals surface area contributed by atoms with Crippen molar-refractivity contribution >= 4 is 35.5 Å². The van der Waals surface area contributed by atoms with Crippen LogP contribution >= 0.6 is 0 Å². The van der Waals surface area contributed by atoms with Crippen LogP contribution in [0.2, 0.25) is 0 Å². The normalized spacial score (nSPS) is 21.0. The summed E-state index contributed by atoms with van der Waals surface area (Å²) in [6.45, 7) is 18.7. The van der Waals surface area contributed by atoms with Crippen LogP contribution in [-0.4, -0.2) is 152 Å². The number of nitrogens with zero attached hydrogens (tertiary/aromatic N) is 4. The van der Waals surface area contributed by atoms with E-state index in [2.05, 4.69) is 9.80 Å². The molecule has 62 heavy (non-hydrogen) atoms. The first kappa shape index (κ1) is 51.9. The van der Waals surface area contributed by atoms with Crippen LogP contribution in [0.25, 0.3) is 0 Å². The number of carbonyl (C=O) groups is 4. The molecule has 17 nitrogen and oxygen atoms in total. The first-order chi connectivity index (χ1) is 28.4. The second-order valence-corrected chi connectivity index (χ2v) is 17.4. The van der Waals surface area contributed by atoms with E-state index in [1.165, 1.54) is 0 Å². The van der Waals surface area contributed by atoms with Crippen LogP contribution in [0.15, 0.2) is 48.5 Å². The number of esters is 1. The van der Waals surface area contributed by atoms with E-state index in [1.807, 2.05) is 90.1 Å². The molecule has 0 radical (unpaired) electrons. The fraction of sp³-hybridized carbons (Fsp3) is 0.636. The number of aliphatic carboxylic acids is 1. The van der Waals surface area contributed by atoms with Gasteiger partial charge in [-0.2, -0.15) is 0 Å². The Balaban J connectivity index is 0.000000321. The van der Waals surface area contributed by atoms with Crippen LogP contribution in [0.1, 0.15) is 74.1 Å². The zero-order valence-electron chi connectivity index (χ0n) is 37.7. The molecule has 2 heterocycles. The van der Waals surface area contributed by atoms with Crippen LogP contribution in [-0.2, 0) is 33.3 Å². The average Bonchev–Trinajstić information content (AvgIpc) is 3.16. The van der Waals surface area contributed by atoms with Gasteiger partial charge in [-0.05, 0) is 97.0 Å². The number of anilines is 2. The smallest absolute Gasteiger partial charge is 0.870 e. The maximum atomic E-state index is 12.2. The first-order valence-corrected chi connectivity index (χ1v) is 21.0. The van der Waals surface area contributed by atoms with Gasteiger partial charge in [-0.15, -0.1) is 0 Å². The average molecular weight is 865 g/mol. The summed E-state index contributed by atoms with van der Waals surface area (Å²) in [5.41, 5.74) is 1.25. The minimum absolute atomic E-state index is 0. The third kappa shape index (κ3) is 17.0. The summed E-state index contributed by atoms with van der Waals surface area (Å²) in [6.07, 6.45) is 2.65. The molecule has 2 aliphatic carbocycles.